The van der Waals surface area contributed by atoms with Crippen molar-refractivity contribution in [1.29, 1.82) is 0 Å². The highest BCUT2D eigenvalue weighted by molar-refractivity contribution is 7.19. The molecule has 0 saturated heterocycles. The number of anilines is 1. The molecule has 168 valence electrons. The van der Waals surface area contributed by atoms with Crippen molar-refractivity contribution in [2.45, 2.75) is 27.3 Å². The van der Waals surface area contributed by atoms with Gasteiger partial charge in [0, 0.05) is 10.4 Å². The molecule has 1 amide bonds. The number of para-hydroxylation sites is 1. The Kier molecular flexibility index (Phi) is 6.11. The summed E-state index contributed by atoms with van der Waals surface area (Å²) in [7, 11) is 1.28. The molecule has 7 nitrogen and oxygen atoms in total. The highest BCUT2D eigenvalue weighted by atomic mass is 32.1. The zero-order chi connectivity index (χ0) is 23.7. The fraction of sp³-hybridized carbons (Fsp3) is 0.200. The number of nitrogens with zero attached hydrogens (tertiary/aromatic N) is 2. The van der Waals surface area contributed by atoms with Crippen LogP contribution in [0.2, 0.25) is 0 Å². The number of thiophene rings is 1. The zero-order valence-electron chi connectivity index (χ0n) is 18.8. The fourth-order valence-electron chi connectivity index (χ4n) is 3.72. The van der Waals surface area contributed by atoms with E-state index < -0.39 is 11.9 Å². The Balaban J connectivity index is 1.70. The summed E-state index contributed by atoms with van der Waals surface area (Å²) in [6, 6.07) is 12.7. The molecular weight excluding hydrogens is 438 g/mol. The maximum Gasteiger partial charge on any atom is 0.339 e. The minimum Gasteiger partial charge on any atom is -0.465 e. The lowest BCUT2D eigenvalue weighted by Gasteiger charge is -2.11. The van der Waals surface area contributed by atoms with Crippen molar-refractivity contribution >= 4 is 39.1 Å². The number of carbonyl (C=O) groups is 2. The summed E-state index contributed by atoms with van der Waals surface area (Å²) in [6.07, 6.45) is 1.39. The van der Waals surface area contributed by atoms with Crippen molar-refractivity contribution in [3.63, 3.8) is 0 Å². The van der Waals surface area contributed by atoms with Crippen LogP contribution >= 0.6 is 11.3 Å². The number of nitrogens with one attached hydrogen (secondary N) is 1. The molecular formula is C25H23N3O4S. The van der Waals surface area contributed by atoms with Crippen molar-refractivity contribution < 1.29 is 14.3 Å². The number of aromatic nitrogens is 2. The number of esters is 1. The number of ether oxygens (including phenoxy) is 1. The monoisotopic (exact) mass is 461 g/mol. The van der Waals surface area contributed by atoms with Crippen LogP contribution in [0.1, 0.15) is 26.4 Å². The first kappa shape index (κ1) is 22.4. The van der Waals surface area contributed by atoms with E-state index in [0.717, 1.165) is 21.6 Å². The Hall–Kier alpha value is -3.78. The van der Waals surface area contributed by atoms with Crippen molar-refractivity contribution in [1.82, 2.24) is 9.55 Å². The van der Waals surface area contributed by atoms with E-state index in [9.17, 15) is 14.4 Å². The maximum absolute atomic E-state index is 13.4. The third kappa shape index (κ3) is 4.29. The van der Waals surface area contributed by atoms with E-state index in [1.165, 1.54) is 34.9 Å². The molecule has 0 aliphatic carbocycles. The van der Waals surface area contributed by atoms with E-state index >= 15 is 0 Å². The van der Waals surface area contributed by atoms with Crippen LogP contribution in [0.5, 0.6) is 0 Å². The van der Waals surface area contributed by atoms with Gasteiger partial charge >= 0.3 is 5.97 Å². The van der Waals surface area contributed by atoms with Gasteiger partial charge in [0.1, 0.15) is 11.4 Å². The quantitative estimate of drug-likeness (QED) is 0.443. The predicted octanol–water partition coefficient (Wildman–Crippen LogP) is 4.48. The summed E-state index contributed by atoms with van der Waals surface area (Å²) in [4.78, 5) is 44.1. The van der Waals surface area contributed by atoms with E-state index in [4.69, 9.17) is 4.74 Å². The van der Waals surface area contributed by atoms with E-state index in [1.807, 2.05) is 32.9 Å². The second-order valence-electron chi connectivity index (χ2n) is 7.78. The molecule has 2 aromatic heterocycles. The average molecular weight is 462 g/mol. The molecule has 0 aliphatic rings. The highest BCUT2D eigenvalue weighted by Crippen LogP contribution is 2.36. The first-order chi connectivity index (χ1) is 15.8. The Labute approximate surface area is 194 Å². The van der Waals surface area contributed by atoms with Gasteiger partial charge in [-0.2, -0.15) is 0 Å². The predicted molar refractivity (Wildman–Crippen MR) is 130 cm³/mol. The van der Waals surface area contributed by atoms with Crippen LogP contribution in [0.4, 0.5) is 5.69 Å². The summed E-state index contributed by atoms with van der Waals surface area (Å²) >= 11 is 1.46. The summed E-state index contributed by atoms with van der Waals surface area (Å²) < 4.78 is 6.05. The highest BCUT2D eigenvalue weighted by Gasteiger charge is 2.19. The Morgan fingerprint density at radius 1 is 1.09 bits per heavy atom. The number of hydrogen-bond acceptors (Lipinski definition) is 6. The molecule has 1 N–H and O–H groups in total. The number of hydrogen-bond donors (Lipinski definition) is 1. The normalized spacial score (nSPS) is 10.9. The smallest absolute Gasteiger partial charge is 0.339 e. The van der Waals surface area contributed by atoms with E-state index in [2.05, 4.69) is 16.4 Å². The number of methoxy groups -OCH3 is 1. The lowest BCUT2D eigenvalue weighted by Crippen LogP contribution is -2.28. The first-order valence-corrected chi connectivity index (χ1v) is 11.1. The molecule has 2 aromatic carbocycles. The Morgan fingerprint density at radius 3 is 2.58 bits per heavy atom. The van der Waals surface area contributed by atoms with Gasteiger partial charge in [0.2, 0.25) is 5.91 Å². The zero-order valence-corrected chi connectivity index (χ0v) is 19.6. The molecule has 0 radical (unpaired) electrons. The SMILES string of the molecule is COC(=O)c1ccccc1NC(=O)Cn1cnc2sc(C)c(-c3ccc(C)c(C)c3)c2c1=O. The van der Waals surface area contributed by atoms with Crippen LogP contribution < -0.4 is 10.9 Å². The molecule has 0 atom stereocenters. The van der Waals surface area contributed by atoms with Crippen LogP contribution in [0.3, 0.4) is 0 Å². The second-order valence-corrected chi connectivity index (χ2v) is 8.98. The molecule has 33 heavy (non-hydrogen) atoms. The van der Waals surface area contributed by atoms with Gasteiger partial charge in [-0.05, 0) is 49.6 Å². The van der Waals surface area contributed by atoms with Crippen LogP contribution in [0, 0.1) is 20.8 Å². The van der Waals surface area contributed by atoms with Gasteiger partial charge in [0.15, 0.2) is 0 Å². The van der Waals surface area contributed by atoms with Gasteiger partial charge in [0.05, 0.1) is 30.1 Å². The van der Waals surface area contributed by atoms with E-state index in [0.29, 0.717) is 15.9 Å². The first-order valence-electron chi connectivity index (χ1n) is 10.3. The molecule has 0 aliphatic heterocycles. The minimum atomic E-state index is -0.557. The molecule has 0 bridgehead atoms. The van der Waals surface area contributed by atoms with Crippen molar-refractivity contribution in [3.05, 3.63) is 80.7 Å². The molecule has 0 unspecified atom stereocenters. The molecule has 4 rings (SSSR count). The lowest BCUT2D eigenvalue weighted by molar-refractivity contribution is -0.116. The topological polar surface area (TPSA) is 90.3 Å². The number of aryl methyl sites for hydroxylation is 3. The molecule has 4 aromatic rings. The average Bonchev–Trinajstić information content (AvgIpc) is 3.14. The third-order valence-corrected chi connectivity index (χ3v) is 6.58. The minimum absolute atomic E-state index is 0.236. The van der Waals surface area contributed by atoms with Crippen LogP contribution in [0.25, 0.3) is 21.3 Å². The van der Waals surface area contributed by atoms with Crippen molar-refractivity contribution in [3.8, 4) is 11.1 Å². The summed E-state index contributed by atoms with van der Waals surface area (Å²) in [5.41, 5.74) is 4.39. The number of rotatable bonds is 5. The van der Waals surface area contributed by atoms with Gasteiger partial charge in [-0.1, -0.05) is 30.3 Å². The Morgan fingerprint density at radius 2 is 1.85 bits per heavy atom. The van der Waals surface area contributed by atoms with Gasteiger partial charge < -0.3 is 10.1 Å². The van der Waals surface area contributed by atoms with Crippen LogP contribution in [-0.2, 0) is 16.1 Å². The summed E-state index contributed by atoms with van der Waals surface area (Å²) in [6.45, 7) is 5.81. The van der Waals surface area contributed by atoms with Crippen molar-refractivity contribution in [2.24, 2.45) is 0 Å². The molecule has 0 spiro atoms. The van der Waals surface area contributed by atoms with Gasteiger partial charge in [-0.15, -0.1) is 11.3 Å². The summed E-state index contributed by atoms with van der Waals surface area (Å²) in [5, 5.41) is 3.20. The Bertz CT molecular complexity index is 1450. The fourth-order valence-corrected chi connectivity index (χ4v) is 4.72. The largest absolute Gasteiger partial charge is 0.465 e. The molecule has 8 heteroatoms. The number of amides is 1. The maximum atomic E-state index is 13.4. The number of fused-ring (bicyclic) bond motifs is 1. The molecule has 0 fully saturated rings. The van der Waals surface area contributed by atoms with Gasteiger partial charge in [-0.25, -0.2) is 9.78 Å². The lowest BCUT2D eigenvalue weighted by atomic mass is 9.99. The molecule has 0 saturated carbocycles. The van der Waals surface area contributed by atoms with Crippen LogP contribution in [0.15, 0.2) is 53.6 Å². The van der Waals surface area contributed by atoms with Crippen molar-refractivity contribution in [2.75, 3.05) is 12.4 Å². The van der Waals surface area contributed by atoms with Crippen LogP contribution in [-0.4, -0.2) is 28.5 Å². The molecule has 2 heterocycles. The third-order valence-electron chi connectivity index (χ3n) is 5.57. The number of carbonyl (C=O) groups excluding carboxylic acids is 2. The van der Waals surface area contributed by atoms with Gasteiger partial charge in [0.25, 0.3) is 5.56 Å². The van der Waals surface area contributed by atoms with E-state index in [1.54, 1.807) is 24.3 Å². The van der Waals surface area contributed by atoms with E-state index in [-0.39, 0.29) is 17.7 Å². The number of benzene rings is 2. The standard InChI is InChI=1S/C25H23N3O4S/c1-14-9-10-17(11-15(14)2)21-16(3)33-23-22(21)24(30)28(13-26-23)12-20(29)27-19-8-6-5-7-18(19)25(31)32-4/h5-11,13H,12H2,1-4H3,(H,27,29). The van der Waals surface area contributed by atoms with Gasteiger partial charge in [-0.3, -0.25) is 14.2 Å². The summed E-state index contributed by atoms with van der Waals surface area (Å²) in [5.74, 6) is -1.01. The second kappa shape index (κ2) is 8.99.